The second-order valence-corrected chi connectivity index (χ2v) is 4.94. The molecule has 1 aromatic heterocycles. The highest BCUT2D eigenvalue weighted by molar-refractivity contribution is 6.30. The maximum absolute atomic E-state index is 6.02. The van der Waals surface area contributed by atoms with E-state index in [4.69, 9.17) is 11.6 Å². The molecule has 0 atom stereocenters. The molecule has 0 amide bonds. The lowest BCUT2D eigenvalue weighted by Crippen LogP contribution is -1.94. The van der Waals surface area contributed by atoms with Gasteiger partial charge in [-0.25, -0.2) is 0 Å². The summed E-state index contributed by atoms with van der Waals surface area (Å²) in [7, 11) is 0. The molecule has 19 heavy (non-hydrogen) atoms. The molecule has 1 N–H and O–H groups in total. The number of hydrogen-bond acceptors (Lipinski definition) is 2. The van der Waals surface area contributed by atoms with Crippen LogP contribution in [0.25, 0.3) is 10.9 Å². The third-order valence-corrected chi connectivity index (χ3v) is 3.30. The summed E-state index contributed by atoms with van der Waals surface area (Å²) in [6.07, 6.45) is 1.84. The number of para-hydroxylation sites is 1. The molecular formula is C16H13ClN2. The number of aryl methyl sites for hydroxylation is 1. The van der Waals surface area contributed by atoms with Crippen LogP contribution in [0.5, 0.6) is 0 Å². The number of fused-ring (bicyclic) bond motifs is 1. The Morgan fingerprint density at radius 1 is 1.05 bits per heavy atom. The van der Waals surface area contributed by atoms with Crippen LogP contribution in [0.4, 0.5) is 11.4 Å². The molecular weight excluding hydrogens is 256 g/mol. The second kappa shape index (κ2) is 4.90. The van der Waals surface area contributed by atoms with Crippen LogP contribution < -0.4 is 5.32 Å². The van der Waals surface area contributed by atoms with E-state index < -0.39 is 0 Å². The number of nitrogens with zero attached hydrogens (tertiary/aromatic N) is 1. The van der Waals surface area contributed by atoms with E-state index in [1.807, 2.05) is 49.5 Å². The van der Waals surface area contributed by atoms with Gasteiger partial charge in [-0.1, -0.05) is 35.9 Å². The molecule has 0 bridgehead atoms. The van der Waals surface area contributed by atoms with Gasteiger partial charge in [-0.05, 0) is 36.8 Å². The molecule has 3 heteroatoms. The molecule has 94 valence electrons. The fourth-order valence-corrected chi connectivity index (χ4v) is 2.20. The first-order chi connectivity index (χ1) is 9.22. The Balaban J connectivity index is 1.98. The van der Waals surface area contributed by atoms with Crippen LogP contribution in [0.3, 0.4) is 0 Å². The standard InChI is InChI=1S/C16H13ClN2/c1-11-6-7-13(17)9-16(11)19-14-8-12-4-2-3-5-15(12)18-10-14/h2-10,19H,1H3. The Morgan fingerprint density at radius 3 is 2.79 bits per heavy atom. The van der Waals surface area contributed by atoms with E-state index in [0.29, 0.717) is 0 Å². The highest BCUT2D eigenvalue weighted by Crippen LogP contribution is 2.25. The average molecular weight is 269 g/mol. The van der Waals surface area contributed by atoms with Crippen LogP contribution in [-0.4, -0.2) is 4.98 Å². The van der Waals surface area contributed by atoms with Crippen molar-refractivity contribution < 1.29 is 0 Å². The lowest BCUT2D eigenvalue weighted by atomic mass is 10.2. The number of benzene rings is 2. The smallest absolute Gasteiger partial charge is 0.0703 e. The molecule has 0 aliphatic rings. The topological polar surface area (TPSA) is 24.9 Å². The predicted molar refractivity (Wildman–Crippen MR) is 81.2 cm³/mol. The summed E-state index contributed by atoms with van der Waals surface area (Å²) >= 11 is 6.02. The van der Waals surface area contributed by atoms with Crippen molar-refractivity contribution in [2.24, 2.45) is 0 Å². The summed E-state index contributed by atoms with van der Waals surface area (Å²) in [5.74, 6) is 0. The van der Waals surface area contributed by atoms with Gasteiger partial charge in [-0.2, -0.15) is 0 Å². The highest BCUT2D eigenvalue weighted by atomic mass is 35.5. The van der Waals surface area contributed by atoms with E-state index >= 15 is 0 Å². The highest BCUT2D eigenvalue weighted by Gasteiger charge is 2.02. The third-order valence-electron chi connectivity index (χ3n) is 3.07. The van der Waals surface area contributed by atoms with Crippen molar-refractivity contribution in [2.75, 3.05) is 5.32 Å². The number of halogens is 1. The maximum atomic E-state index is 6.02. The summed E-state index contributed by atoms with van der Waals surface area (Å²) in [5, 5.41) is 5.20. The Morgan fingerprint density at radius 2 is 1.89 bits per heavy atom. The predicted octanol–water partition coefficient (Wildman–Crippen LogP) is 4.94. The lowest BCUT2D eigenvalue weighted by molar-refractivity contribution is 1.38. The Labute approximate surface area is 117 Å². The van der Waals surface area contributed by atoms with Crippen molar-refractivity contribution in [3.05, 3.63) is 65.3 Å². The number of aromatic nitrogens is 1. The Bertz CT molecular complexity index is 738. The number of anilines is 2. The molecule has 0 saturated heterocycles. The zero-order valence-electron chi connectivity index (χ0n) is 10.5. The minimum atomic E-state index is 0.724. The largest absolute Gasteiger partial charge is 0.354 e. The van der Waals surface area contributed by atoms with Crippen molar-refractivity contribution in [3.8, 4) is 0 Å². The van der Waals surface area contributed by atoms with Gasteiger partial charge < -0.3 is 5.32 Å². The van der Waals surface area contributed by atoms with Crippen molar-refractivity contribution in [3.63, 3.8) is 0 Å². The first-order valence-corrected chi connectivity index (χ1v) is 6.48. The number of pyridine rings is 1. The van der Waals surface area contributed by atoms with Crippen molar-refractivity contribution >= 4 is 33.9 Å². The zero-order chi connectivity index (χ0) is 13.2. The minimum Gasteiger partial charge on any atom is -0.354 e. The molecule has 0 fully saturated rings. The molecule has 0 aliphatic carbocycles. The summed E-state index contributed by atoms with van der Waals surface area (Å²) in [4.78, 5) is 4.43. The van der Waals surface area contributed by atoms with Gasteiger partial charge in [0.25, 0.3) is 0 Å². The number of hydrogen-bond donors (Lipinski definition) is 1. The van der Waals surface area contributed by atoms with Gasteiger partial charge in [-0.15, -0.1) is 0 Å². The van der Waals surface area contributed by atoms with E-state index in [9.17, 15) is 0 Å². The van der Waals surface area contributed by atoms with Crippen molar-refractivity contribution in [1.82, 2.24) is 4.98 Å². The number of nitrogens with one attached hydrogen (secondary N) is 1. The van der Waals surface area contributed by atoms with E-state index in [-0.39, 0.29) is 0 Å². The molecule has 1 heterocycles. The van der Waals surface area contributed by atoms with Gasteiger partial charge >= 0.3 is 0 Å². The van der Waals surface area contributed by atoms with Crippen LogP contribution in [0, 0.1) is 6.92 Å². The SMILES string of the molecule is Cc1ccc(Cl)cc1Nc1cnc2ccccc2c1. The average Bonchev–Trinajstić information content (AvgIpc) is 2.43. The van der Waals surface area contributed by atoms with Gasteiger partial charge in [0.05, 0.1) is 17.4 Å². The van der Waals surface area contributed by atoms with Crippen LogP contribution in [0.1, 0.15) is 5.56 Å². The summed E-state index contributed by atoms with van der Waals surface area (Å²) < 4.78 is 0. The van der Waals surface area contributed by atoms with E-state index in [2.05, 4.69) is 22.4 Å². The molecule has 0 saturated carbocycles. The first kappa shape index (κ1) is 12.0. The first-order valence-electron chi connectivity index (χ1n) is 6.10. The quantitative estimate of drug-likeness (QED) is 0.712. The summed E-state index contributed by atoms with van der Waals surface area (Å²) in [6, 6.07) is 16.0. The molecule has 0 spiro atoms. The molecule has 2 nitrogen and oxygen atoms in total. The lowest BCUT2D eigenvalue weighted by Gasteiger charge is -2.10. The van der Waals surface area contributed by atoms with Crippen LogP contribution in [0.15, 0.2) is 54.7 Å². The normalized spacial score (nSPS) is 10.6. The fourth-order valence-electron chi connectivity index (χ4n) is 2.02. The number of rotatable bonds is 2. The molecule has 0 radical (unpaired) electrons. The summed E-state index contributed by atoms with van der Waals surface area (Å²) in [6.45, 7) is 2.05. The van der Waals surface area contributed by atoms with E-state index in [1.165, 1.54) is 0 Å². The Hall–Kier alpha value is -2.06. The van der Waals surface area contributed by atoms with E-state index in [0.717, 1.165) is 32.9 Å². The molecule has 3 aromatic rings. The van der Waals surface area contributed by atoms with E-state index in [1.54, 1.807) is 0 Å². The second-order valence-electron chi connectivity index (χ2n) is 4.50. The van der Waals surface area contributed by atoms with Crippen LogP contribution in [0.2, 0.25) is 5.02 Å². The molecule has 0 unspecified atom stereocenters. The van der Waals surface area contributed by atoms with Gasteiger partial charge in [0.2, 0.25) is 0 Å². The van der Waals surface area contributed by atoms with Gasteiger partial charge in [-0.3, -0.25) is 4.98 Å². The third kappa shape index (κ3) is 2.54. The van der Waals surface area contributed by atoms with Gasteiger partial charge in [0, 0.05) is 16.1 Å². The van der Waals surface area contributed by atoms with Crippen molar-refractivity contribution in [2.45, 2.75) is 6.92 Å². The molecule has 3 rings (SSSR count). The minimum absolute atomic E-state index is 0.724. The van der Waals surface area contributed by atoms with Crippen LogP contribution >= 0.6 is 11.6 Å². The Kier molecular flexibility index (Phi) is 3.10. The van der Waals surface area contributed by atoms with Gasteiger partial charge in [0.15, 0.2) is 0 Å². The van der Waals surface area contributed by atoms with Gasteiger partial charge in [0.1, 0.15) is 0 Å². The zero-order valence-corrected chi connectivity index (χ0v) is 11.3. The van der Waals surface area contributed by atoms with Crippen LogP contribution in [-0.2, 0) is 0 Å². The van der Waals surface area contributed by atoms with Crippen molar-refractivity contribution in [1.29, 1.82) is 0 Å². The maximum Gasteiger partial charge on any atom is 0.0703 e. The molecule has 0 aliphatic heterocycles. The summed E-state index contributed by atoms with van der Waals surface area (Å²) in [5.41, 5.74) is 4.11. The molecule has 2 aromatic carbocycles. The monoisotopic (exact) mass is 268 g/mol. The fraction of sp³-hybridized carbons (Fsp3) is 0.0625.